The molecule has 0 aromatic heterocycles. The molecule has 13 heteroatoms. The molecule has 0 aliphatic heterocycles. The van der Waals surface area contributed by atoms with E-state index in [9.17, 15) is 26.3 Å². The van der Waals surface area contributed by atoms with Crippen LogP contribution in [-0.2, 0) is 17.2 Å². The third-order valence-corrected chi connectivity index (χ3v) is 4.44. The summed E-state index contributed by atoms with van der Waals surface area (Å²) in [7, 11) is 0. The number of hydrogen-bond acceptors (Lipinski definition) is 4. The fourth-order valence-electron chi connectivity index (χ4n) is 2.17. The van der Waals surface area contributed by atoms with Crippen molar-refractivity contribution in [3.05, 3.63) is 62.1 Å². The first-order chi connectivity index (χ1) is 15.3. The average molecular weight is 531 g/mol. The average Bonchev–Trinajstić information content (AvgIpc) is 2.68. The van der Waals surface area contributed by atoms with E-state index in [0.29, 0.717) is 28.6 Å². The lowest BCUT2D eigenvalue weighted by Crippen LogP contribution is -2.11. The van der Waals surface area contributed by atoms with Crippen LogP contribution in [0.1, 0.15) is 23.6 Å². The Hall–Kier alpha value is -2.61. The number of hydrogen-bond donors (Lipinski definition) is 1. The number of rotatable bonds is 5. The van der Waals surface area contributed by atoms with Crippen LogP contribution in [0.5, 0.6) is 0 Å². The highest BCUT2D eigenvalue weighted by Crippen LogP contribution is 2.36. The predicted octanol–water partition coefficient (Wildman–Crippen LogP) is 7.53. The maximum Gasteiger partial charge on any atom is 0.416 e. The van der Waals surface area contributed by atoms with Gasteiger partial charge < -0.3 is 4.84 Å². The Morgan fingerprint density at radius 1 is 0.970 bits per heavy atom. The molecule has 2 rings (SSSR count). The zero-order chi connectivity index (χ0) is 24.8. The second kappa shape index (κ2) is 11.0. The molecule has 0 bridgehead atoms. The Bertz CT molecular complexity index is 1080. The molecule has 0 aliphatic carbocycles. The van der Waals surface area contributed by atoms with Crippen molar-refractivity contribution in [2.24, 2.45) is 10.3 Å². The molecular weight excluding hydrogens is 519 g/mol. The largest absolute Gasteiger partial charge is 0.416 e. The van der Waals surface area contributed by atoms with Gasteiger partial charge in [-0.2, -0.15) is 31.4 Å². The summed E-state index contributed by atoms with van der Waals surface area (Å²) in [5, 5.41) is 8.30. The van der Waals surface area contributed by atoms with E-state index in [1.807, 2.05) is 0 Å². The minimum absolute atomic E-state index is 0.0204. The fraction of sp³-hybridized carbons (Fsp3) is 0.200. The molecule has 4 nitrogen and oxygen atoms in total. The Morgan fingerprint density at radius 2 is 1.52 bits per heavy atom. The van der Waals surface area contributed by atoms with Crippen molar-refractivity contribution in [3.63, 3.8) is 0 Å². The highest BCUT2D eigenvalue weighted by Gasteiger charge is 2.36. The lowest BCUT2D eigenvalue weighted by Gasteiger charge is -2.12. The Morgan fingerprint density at radius 3 is 2.03 bits per heavy atom. The molecule has 2 aromatic carbocycles. The van der Waals surface area contributed by atoms with E-state index in [1.54, 1.807) is 6.92 Å². The zero-order valence-corrected chi connectivity index (χ0v) is 18.6. The minimum atomic E-state index is -4.95. The van der Waals surface area contributed by atoms with Crippen LogP contribution in [-0.4, -0.2) is 18.5 Å². The van der Waals surface area contributed by atoms with Gasteiger partial charge >= 0.3 is 12.4 Å². The summed E-state index contributed by atoms with van der Waals surface area (Å²) in [6.07, 6.45) is -8.73. The lowest BCUT2D eigenvalue weighted by molar-refractivity contribution is -0.143. The van der Waals surface area contributed by atoms with Crippen molar-refractivity contribution in [1.82, 2.24) is 0 Å². The number of nitrogens with zero attached hydrogens (tertiary/aromatic N) is 2. The van der Waals surface area contributed by atoms with Crippen LogP contribution in [0.15, 0.2) is 40.6 Å². The third-order valence-electron chi connectivity index (χ3n) is 3.62. The Kier molecular flexibility index (Phi) is 8.89. The summed E-state index contributed by atoms with van der Waals surface area (Å²) in [5.41, 5.74) is -0.136. The number of alkyl halides is 6. The summed E-state index contributed by atoms with van der Waals surface area (Å²) in [5.74, 6) is 4.48. The molecular formula is C20H12Cl3F6N3O. The van der Waals surface area contributed by atoms with Gasteiger partial charge in [0.2, 0.25) is 0 Å². The van der Waals surface area contributed by atoms with E-state index < -0.39 is 35.6 Å². The second-order valence-corrected chi connectivity index (χ2v) is 7.46. The van der Waals surface area contributed by atoms with Gasteiger partial charge in [0.05, 0.1) is 38.8 Å². The minimum Gasteiger partial charge on any atom is -0.383 e. The molecule has 0 spiro atoms. The number of nitrogens with one attached hydrogen (secondary N) is 1. The Balaban J connectivity index is 2.00. The molecule has 0 fully saturated rings. The van der Waals surface area contributed by atoms with Crippen LogP contribution in [0.4, 0.5) is 32.0 Å². The first-order valence-corrected chi connectivity index (χ1v) is 9.79. The summed E-state index contributed by atoms with van der Waals surface area (Å²) < 4.78 is 77.0. The number of halogens is 9. The highest BCUT2D eigenvalue weighted by molar-refractivity contribution is 6.41. The fourth-order valence-corrected chi connectivity index (χ4v) is 3.07. The van der Waals surface area contributed by atoms with Crippen LogP contribution in [0.25, 0.3) is 0 Å². The van der Waals surface area contributed by atoms with Crippen LogP contribution in [0.3, 0.4) is 0 Å². The molecule has 0 saturated carbocycles. The van der Waals surface area contributed by atoms with Gasteiger partial charge in [-0.05, 0) is 37.3 Å². The topological polar surface area (TPSA) is 46.0 Å². The quantitative estimate of drug-likeness (QED) is 0.143. The molecule has 33 heavy (non-hydrogen) atoms. The summed E-state index contributed by atoms with van der Waals surface area (Å²) >= 11 is 17.8. The highest BCUT2D eigenvalue weighted by atomic mass is 35.5. The summed E-state index contributed by atoms with van der Waals surface area (Å²) in [4.78, 5) is 4.81. The molecule has 0 heterocycles. The number of benzene rings is 2. The van der Waals surface area contributed by atoms with Crippen LogP contribution in [0.2, 0.25) is 15.1 Å². The number of hydrazone groups is 1. The number of oxime groups is 1. The molecule has 0 radical (unpaired) electrons. The molecule has 2 aromatic rings. The van der Waals surface area contributed by atoms with Gasteiger partial charge in [0.15, 0.2) is 6.61 Å². The van der Waals surface area contributed by atoms with E-state index in [-0.39, 0.29) is 16.1 Å². The molecule has 0 saturated heterocycles. The standard InChI is InChI=1S/C20H12Cl3F6N3O/c1-11(31-32-18-16(22)8-15(21)9-17(18)23)10-30-33-4-2-3-12-5-13(19(24,25)26)7-14(6-12)20(27,28)29/h5-10,32H,4H2,1H3. The van der Waals surface area contributed by atoms with E-state index in [1.165, 1.54) is 18.3 Å². The van der Waals surface area contributed by atoms with Crippen molar-refractivity contribution in [2.75, 3.05) is 12.0 Å². The predicted molar refractivity (Wildman–Crippen MR) is 116 cm³/mol. The molecule has 0 unspecified atom stereocenters. The monoisotopic (exact) mass is 529 g/mol. The summed E-state index contributed by atoms with van der Waals surface area (Å²) in [6, 6.07) is 3.97. The maximum absolute atomic E-state index is 12.8. The zero-order valence-electron chi connectivity index (χ0n) is 16.4. The first kappa shape index (κ1) is 26.6. The van der Waals surface area contributed by atoms with Crippen molar-refractivity contribution >= 4 is 52.4 Å². The van der Waals surface area contributed by atoms with Crippen molar-refractivity contribution < 1.29 is 31.2 Å². The maximum atomic E-state index is 12.8. The van der Waals surface area contributed by atoms with Crippen molar-refractivity contribution in [1.29, 1.82) is 0 Å². The van der Waals surface area contributed by atoms with Gasteiger partial charge in [-0.3, -0.25) is 5.43 Å². The van der Waals surface area contributed by atoms with Gasteiger partial charge in [0.25, 0.3) is 0 Å². The lowest BCUT2D eigenvalue weighted by atomic mass is 10.1. The smallest absolute Gasteiger partial charge is 0.383 e. The first-order valence-electron chi connectivity index (χ1n) is 8.66. The molecule has 1 N–H and O–H groups in total. The van der Waals surface area contributed by atoms with Crippen molar-refractivity contribution in [2.45, 2.75) is 19.3 Å². The summed E-state index contributed by atoms with van der Waals surface area (Å²) in [6.45, 7) is 1.15. The normalized spacial score (nSPS) is 12.5. The second-order valence-electron chi connectivity index (χ2n) is 6.21. The SMILES string of the molecule is CC(C=NOCC#Cc1cc(C(F)(F)F)cc(C(F)(F)F)c1)=NNc1c(Cl)cc(Cl)cc1Cl. The van der Waals surface area contributed by atoms with Crippen LogP contribution >= 0.6 is 34.8 Å². The van der Waals surface area contributed by atoms with E-state index >= 15 is 0 Å². The molecule has 0 amide bonds. The van der Waals surface area contributed by atoms with Crippen LogP contribution < -0.4 is 5.43 Å². The van der Waals surface area contributed by atoms with Crippen LogP contribution in [0, 0.1) is 11.8 Å². The molecule has 0 aliphatic rings. The Labute approximate surface area is 199 Å². The van der Waals surface area contributed by atoms with Gasteiger partial charge in [0, 0.05) is 10.6 Å². The third kappa shape index (κ3) is 8.35. The van der Waals surface area contributed by atoms with Gasteiger partial charge in [-0.1, -0.05) is 51.8 Å². The van der Waals surface area contributed by atoms with Gasteiger partial charge in [0.1, 0.15) is 0 Å². The van der Waals surface area contributed by atoms with Gasteiger partial charge in [-0.25, -0.2) is 0 Å². The van der Waals surface area contributed by atoms with E-state index in [2.05, 4.69) is 27.5 Å². The van der Waals surface area contributed by atoms with Gasteiger partial charge in [-0.15, -0.1) is 0 Å². The van der Waals surface area contributed by atoms with E-state index in [0.717, 1.165) is 0 Å². The molecule has 0 atom stereocenters. The van der Waals surface area contributed by atoms with Crippen molar-refractivity contribution in [3.8, 4) is 11.8 Å². The molecule has 176 valence electrons. The van der Waals surface area contributed by atoms with E-state index in [4.69, 9.17) is 39.6 Å². The number of anilines is 1.